The Morgan fingerprint density at radius 1 is 1.23 bits per heavy atom. The molecule has 0 bridgehead atoms. The van der Waals surface area contributed by atoms with Crippen LogP contribution in [0.4, 0.5) is 30.6 Å². The van der Waals surface area contributed by atoms with Crippen LogP contribution in [0.25, 0.3) is 0 Å². The van der Waals surface area contributed by atoms with Crippen molar-refractivity contribution in [2.45, 2.75) is 31.5 Å². The molecule has 5 nitrogen and oxygen atoms in total. The van der Waals surface area contributed by atoms with Crippen molar-refractivity contribution in [1.82, 2.24) is 15.4 Å². The van der Waals surface area contributed by atoms with Crippen molar-refractivity contribution in [3.05, 3.63) is 52.3 Å². The number of nitrogens with zero attached hydrogens (tertiary/aromatic N) is 3. The highest BCUT2D eigenvalue weighted by Gasteiger charge is 2.41. The summed E-state index contributed by atoms with van der Waals surface area (Å²) in [5.74, 6) is 0.610. The smallest absolute Gasteiger partial charge is 0.324 e. The lowest BCUT2D eigenvalue weighted by molar-refractivity contribution is -0.142. The molecular formula is C17H15BrF3N5. The van der Waals surface area contributed by atoms with E-state index in [2.05, 4.69) is 48.8 Å². The highest BCUT2D eigenvalue weighted by molar-refractivity contribution is 9.10. The summed E-state index contributed by atoms with van der Waals surface area (Å²) in [6.07, 6.45) is 2.81. The van der Waals surface area contributed by atoms with E-state index in [0.29, 0.717) is 16.2 Å². The molecule has 0 fully saturated rings. The molecule has 9 heteroatoms. The number of aryl methyl sites for hydroxylation is 2. The standard InChI is InChI=1S/C17H15BrF3N5/c18-13-9-22-16(23-12-5-4-10-2-1-3-11(10)8-12)24-15(13)26-7-6-14(25-26)17(19,20)21/h4-9,14,25H,1-3H2,(H,22,23,24). The van der Waals surface area contributed by atoms with E-state index in [1.165, 1.54) is 28.5 Å². The third-order valence-electron chi connectivity index (χ3n) is 4.37. The summed E-state index contributed by atoms with van der Waals surface area (Å²) in [5.41, 5.74) is 5.89. The van der Waals surface area contributed by atoms with E-state index in [1.54, 1.807) is 0 Å². The minimum atomic E-state index is -4.36. The molecule has 0 radical (unpaired) electrons. The summed E-state index contributed by atoms with van der Waals surface area (Å²) in [6.45, 7) is 0. The molecule has 0 saturated carbocycles. The average molecular weight is 426 g/mol. The van der Waals surface area contributed by atoms with Gasteiger partial charge in [0, 0.05) is 18.1 Å². The number of nitrogens with one attached hydrogen (secondary N) is 2. The Labute approximate surface area is 156 Å². The Hall–Kier alpha value is -2.13. The fourth-order valence-electron chi connectivity index (χ4n) is 3.09. The van der Waals surface area contributed by atoms with Crippen molar-refractivity contribution in [3.63, 3.8) is 0 Å². The molecule has 4 rings (SSSR count). The van der Waals surface area contributed by atoms with Crippen LogP contribution in [0.2, 0.25) is 0 Å². The van der Waals surface area contributed by atoms with Crippen LogP contribution in [-0.2, 0) is 12.8 Å². The first-order valence-electron chi connectivity index (χ1n) is 8.12. The lowest BCUT2D eigenvalue weighted by atomic mass is 10.1. The number of aromatic nitrogens is 2. The second-order valence-electron chi connectivity index (χ2n) is 6.19. The van der Waals surface area contributed by atoms with Crippen molar-refractivity contribution < 1.29 is 13.2 Å². The lowest BCUT2D eigenvalue weighted by Gasteiger charge is -2.21. The second-order valence-corrected chi connectivity index (χ2v) is 7.04. The summed E-state index contributed by atoms with van der Waals surface area (Å²) in [5, 5.41) is 4.36. The summed E-state index contributed by atoms with van der Waals surface area (Å²) in [7, 11) is 0. The maximum absolute atomic E-state index is 12.8. The van der Waals surface area contributed by atoms with E-state index in [4.69, 9.17) is 0 Å². The van der Waals surface area contributed by atoms with E-state index in [-0.39, 0.29) is 0 Å². The third kappa shape index (κ3) is 3.41. The first kappa shape index (κ1) is 17.3. The molecule has 0 spiro atoms. The quantitative estimate of drug-likeness (QED) is 0.769. The normalized spacial score (nSPS) is 19.1. The zero-order valence-corrected chi connectivity index (χ0v) is 15.1. The van der Waals surface area contributed by atoms with Crippen LogP contribution < -0.4 is 15.8 Å². The number of hydrogen-bond acceptors (Lipinski definition) is 5. The predicted octanol–water partition coefficient (Wildman–Crippen LogP) is 4.24. The molecule has 2 N–H and O–H groups in total. The number of hydrogen-bond donors (Lipinski definition) is 2. The molecular weight excluding hydrogens is 411 g/mol. The molecule has 2 aliphatic rings. The summed E-state index contributed by atoms with van der Waals surface area (Å²) in [6, 6.07) is 4.38. The Balaban J connectivity index is 1.54. The SMILES string of the molecule is FC(F)(F)C1C=CN(c2nc(Nc3ccc4c(c3)CCC4)ncc2Br)N1. The van der Waals surface area contributed by atoms with E-state index >= 15 is 0 Å². The number of anilines is 3. The van der Waals surface area contributed by atoms with Crippen LogP contribution >= 0.6 is 15.9 Å². The van der Waals surface area contributed by atoms with E-state index in [9.17, 15) is 13.2 Å². The van der Waals surface area contributed by atoms with Crippen LogP contribution in [0.15, 0.2) is 41.1 Å². The van der Waals surface area contributed by atoms with E-state index in [1.807, 2.05) is 6.07 Å². The van der Waals surface area contributed by atoms with Gasteiger partial charge in [-0.3, -0.25) is 5.01 Å². The summed E-state index contributed by atoms with van der Waals surface area (Å²) in [4.78, 5) is 8.53. The van der Waals surface area contributed by atoms with Crippen LogP contribution in [0.5, 0.6) is 0 Å². The molecule has 136 valence electrons. The van der Waals surface area contributed by atoms with Crippen LogP contribution in [-0.4, -0.2) is 22.2 Å². The Kier molecular flexibility index (Phi) is 4.36. The lowest BCUT2D eigenvalue weighted by Crippen LogP contribution is -2.44. The Bertz CT molecular complexity index is 868. The molecule has 1 aromatic carbocycles. The Morgan fingerprint density at radius 3 is 2.81 bits per heavy atom. The molecule has 26 heavy (non-hydrogen) atoms. The molecule has 1 aromatic heterocycles. The molecule has 1 atom stereocenters. The van der Waals surface area contributed by atoms with Crippen molar-refractivity contribution >= 4 is 33.4 Å². The summed E-state index contributed by atoms with van der Waals surface area (Å²) >= 11 is 3.29. The van der Waals surface area contributed by atoms with Gasteiger partial charge in [-0.15, -0.1) is 0 Å². The third-order valence-corrected chi connectivity index (χ3v) is 4.93. The molecule has 0 amide bonds. The number of halogens is 4. The predicted molar refractivity (Wildman–Crippen MR) is 96.1 cm³/mol. The van der Waals surface area contributed by atoms with Gasteiger partial charge >= 0.3 is 6.18 Å². The summed E-state index contributed by atoms with van der Waals surface area (Å²) < 4.78 is 39.0. The van der Waals surface area contributed by atoms with Gasteiger partial charge in [0.25, 0.3) is 0 Å². The van der Waals surface area contributed by atoms with Gasteiger partial charge in [0.05, 0.1) is 4.47 Å². The number of hydrazine groups is 1. The second kappa shape index (κ2) is 6.55. The minimum Gasteiger partial charge on any atom is -0.324 e. The van der Waals surface area contributed by atoms with Crippen LogP contribution in [0, 0.1) is 0 Å². The zero-order valence-electron chi connectivity index (χ0n) is 13.5. The highest BCUT2D eigenvalue weighted by atomic mass is 79.9. The van der Waals surface area contributed by atoms with Gasteiger partial charge in [0.2, 0.25) is 5.95 Å². The van der Waals surface area contributed by atoms with Crippen molar-refractivity contribution in [2.24, 2.45) is 0 Å². The van der Waals surface area contributed by atoms with Gasteiger partial charge in [-0.1, -0.05) is 6.07 Å². The van der Waals surface area contributed by atoms with Gasteiger partial charge < -0.3 is 5.32 Å². The van der Waals surface area contributed by atoms with Crippen molar-refractivity contribution in [2.75, 3.05) is 10.3 Å². The molecule has 1 aliphatic carbocycles. The molecule has 1 unspecified atom stereocenters. The number of alkyl halides is 3. The monoisotopic (exact) mass is 425 g/mol. The van der Waals surface area contributed by atoms with Crippen molar-refractivity contribution in [3.8, 4) is 0 Å². The molecule has 2 aromatic rings. The van der Waals surface area contributed by atoms with Crippen LogP contribution in [0.1, 0.15) is 17.5 Å². The molecule has 1 aliphatic heterocycles. The maximum Gasteiger partial charge on any atom is 0.409 e. The average Bonchev–Trinajstić information content (AvgIpc) is 3.24. The molecule has 0 saturated heterocycles. The fourth-order valence-corrected chi connectivity index (χ4v) is 3.47. The van der Waals surface area contributed by atoms with Gasteiger partial charge in [0.1, 0.15) is 6.04 Å². The maximum atomic E-state index is 12.8. The Morgan fingerprint density at radius 2 is 2.04 bits per heavy atom. The number of fused-ring (bicyclic) bond motifs is 1. The zero-order chi connectivity index (χ0) is 18.3. The molecule has 2 heterocycles. The first-order chi connectivity index (χ1) is 12.4. The minimum absolute atomic E-state index is 0.298. The van der Waals surface area contributed by atoms with Crippen LogP contribution in [0.3, 0.4) is 0 Å². The van der Waals surface area contributed by atoms with Crippen molar-refractivity contribution in [1.29, 1.82) is 0 Å². The largest absolute Gasteiger partial charge is 0.409 e. The first-order valence-corrected chi connectivity index (χ1v) is 8.91. The van der Waals surface area contributed by atoms with E-state index < -0.39 is 12.2 Å². The number of rotatable bonds is 3. The topological polar surface area (TPSA) is 53.1 Å². The van der Waals surface area contributed by atoms with E-state index in [0.717, 1.165) is 31.0 Å². The van der Waals surface area contributed by atoms with Gasteiger partial charge in [-0.05, 0) is 64.5 Å². The van der Waals surface area contributed by atoms with Gasteiger partial charge in [-0.2, -0.15) is 18.2 Å². The fraction of sp³-hybridized carbons (Fsp3) is 0.294. The van der Waals surface area contributed by atoms with Gasteiger partial charge in [0.15, 0.2) is 5.82 Å². The number of benzene rings is 1. The highest BCUT2D eigenvalue weighted by Crippen LogP contribution is 2.31. The van der Waals surface area contributed by atoms with Gasteiger partial charge in [-0.25, -0.2) is 10.4 Å².